The lowest BCUT2D eigenvalue weighted by Gasteiger charge is -2.56. The molecule has 28 heavy (non-hydrogen) atoms. The van der Waals surface area contributed by atoms with Gasteiger partial charge in [0.1, 0.15) is 0 Å². The van der Waals surface area contributed by atoms with Crippen molar-refractivity contribution in [3.63, 3.8) is 0 Å². The Labute approximate surface area is 168 Å². The lowest BCUT2D eigenvalue weighted by molar-refractivity contribution is -0.129. The maximum atomic E-state index is 12.5. The van der Waals surface area contributed by atoms with Crippen molar-refractivity contribution >= 4 is 15.9 Å². The summed E-state index contributed by atoms with van der Waals surface area (Å²) in [5, 5.41) is 2.94. The Morgan fingerprint density at radius 1 is 1.04 bits per heavy atom. The molecule has 2 N–H and O–H groups in total. The standard InChI is InChI=1S/C22H32N2O3S/c1-15-3-4-20(16(2)7-15)28(26,27)24-6-5-23-21(25)14-22-11-17-8-18(12-22)10-19(9-17)13-22/h3-4,7,17-19,24H,5-6,8-14H2,1-2H3,(H,23,25). The van der Waals surface area contributed by atoms with Gasteiger partial charge < -0.3 is 5.32 Å². The van der Waals surface area contributed by atoms with E-state index >= 15 is 0 Å². The summed E-state index contributed by atoms with van der Waals surface area (Å²) in [6.45, 7) is 4.28. The topological polar surface area (TPSA) is 75.3 Å². The van der Waals surface area contributed by atoms with E-state index in [9.17, 15) is 13.2 Å². The molecule has 0 unspecified atom stereocenters. The third-order valence-electron chi connectivity index (χ3n) is 7.06. The first-order chi connectivity index (χ1) is 13.2. The Hall–Kier alpha value is -1.40. The molecule has 4 saturated carbocycles. The molecule has 4 bridgehead atoms. The first-order valence-corrected chi connectivity index (χ1v) is 12.1. The van der Waals surface area contributed by atoms with E-state index in [1.54, 1.807) is 19.1 Å². The van der Waals surface area contributed by atoms with Gasteiger partial charge in [-0.15, -0.1) is 0 Å². The minimum absolute atomic E-state index is 0.0765. The van der Waals surface area contributed by atoms with Crippen LogP contribution in [0.3, 0.4) is 0 Å². The molecule has 4 aliphatic carbocycles. The van der Waals surface area contributed by atoms with Gasteiger partial charge in [-0.1, -0.05) is 17.7 Å². The highest BCUT2D eigenvalue weighted by molar-refractivity contribution is 7.89. The minimum atomic E-state index is -3.55. The molecule has 0 heterocycles. The average molecular weight is 405 g/mol. The number of carbonyl (C=O) groups is 1. The zero-order chi connectivity index (χ0) is 19.9. The van der Waals surface area contributed by atoms with Crippen molar-refractivity contribution in [2.45, 2.75) is 63.7 Å². The molecular weight excluding hydrogens is 372 g/mol. The number of benzene rings is 1. The summed E-state index contributed by atoms with van der Waals surface area (Å²) in [6, 6.07) is 5.30. The second-order valence-electron chi connectivity index (χ2n) is 9.61. The minimum Gasteiger partial charge on any atom is -0.355 e. The van der Waals surface area contributed by atoms with Crippen LogP contribution in [0.25, 0.3) is 0 Å². The van der Waals surface area contributed by atoms with Gasteiger partial charge in [0.2, 0.25) is 15.9 Å². The van der Waals surface area contributed by atoms with Gasteiger partial charge in [0, 0.05) is 19.5 Å². The smallest absolute Gasteiger partial charge is 0.240 e. The maximum absolute atomic E-state index is 12.5. The summed E-state index contributed by atoms with van der Waals surface area (Å²) in [7, 11) is -3.55. The van der Waals surface area contributed by atoms with Gasteiger partial charge in [0.25, 0.3) is 0 Å². The molecule has 5 nitrogen and oxygen atoms in total. The third-order valence-corrected chi connectivity index (χ3v) is 8.68. The van der Waals surface area contributed by atoms with Gasteiger partial charge in [-0.2, -0.15) is 0 Å². The van der Waals surface area contributed by atoms with E-state index in [0.29, 0.717) is 17.9 Å². The number of rotatable bonds is 7. The van der Waals surface area contributed by atoms with Crippen LogP contribution in [0.1, 0.15) is 56.1 Å². The fourth-order valence-corrected chi connectivity index (χ4v) is 7.73. The van der Waals surface area contributed by atoms with Gasteiger partial charge in [-0.25, -0.2) is 13.1 Å². The highest BCUT2D eigenvalue weighted by atomic mass is 32.2. The molecular formula is C22H32N2O3S. The summed E-state index contributed by atoms with van der Waals surface area (Å²) >= 11 is 0. The third kappa shape index (κ3) is 4.13. The van der Waals surface area contributed by atoms with Crippen molar-refractivity contribution in [1.82, 2.24) is 10.0 Å². The van der Waals surface area contributed by atoms with E-state index in [1.165, 1.54) is 38.5 Å². The molecule has 4 fully saturated rings. The molecule has 154 valence electrons. The Morgan fingerprint density at radius 2 is 1.64 bits per heavy atom. The highest BCUT2D eigenvalue weighted by Crippen LogP contribution is 2.61. The predicted molar refractivity (Wildman–Crippen MR) is 109 cm³/mol. The lowest BCUT2D eigenvalue weighted by atomic mass is 9.49. The molecule has 0 spiro atoms. The van der Waals surface area contributed by atoms with Crippen molar-refractivity contribution in [3.8, 4) is 0 Å². The summed E-state index contributed by atoms with van der Waals surface area (Å²) in [5.74, 6) is 2.59. The van der Waals surface area contributed by atoms with Gasteiger partial charge in [-0.3, -0.25) is 4.79 Å². The second-order valence-corrected chi connectivity index (χ2v) is 11.3. The Morgan fingerprint density at radius 3 is 2.21 bits per heavy atom. The number of aryl methyl sites for hydroxylation is 2. The van der Waals surface area contributed by atoms with Crippen molar-refractivity contribution in [2.24, 2.45) is 23.2 Å². The fraction of sp³-hybridized carbons (Fsp3) is 0.682. The van der Waals surface area contributed by atoms with Crippen LogP contribution in [0.5, 0.6) is 0 Å². The summed E-state index contributed by atoms with van der Waals surface area (Å²) < 4.78 is 27.6. The maximum Gasteiger partial charge on any atom is 0.240 e. The van der Waals surface area contributed by atoms with Crippen LogP contribution in [-0.2, 0) is 14.8 Å². The molecule has 0 radical (unpaired) electrons. The molecule has 6 heteroatoms. The lowest BCUT2D eigenvalue weighted by Crippen LogP contribution is -2.48. The Kier molecular flexibility index (Phi) is 5.29. The van der Waals surface area contributed by atoms with E-state index < -0.39 is 10.0 Å². The summed E-state index contributed by atoms with van der Waals surface area (Å²) in [5.41, 5.74) is 1.99. The van der Waals surface area contributed by atoms with Crippen molar-refractivity contribution in [3.05, 3.63) is 29.3 Å². The normalized spacial score (nSPS) is 31.1. The van der Waals surface area contributed by atoms with Gasteiger partial charge in [0.15, 0.2) is 0 Å². The molecule has 0 atom stereocenters. The van der Waals surface area contributed by atoms with Crippen LogP contribution in [-0.4, -0.2) is 27.4 Å². The van der Waals surface area contributed by atoms with Gasteiger partial charge in [0.05, 0.1) is 4.90 Å². The number of amides is 1. The Balaban J connectivity index is 1.26. The number of hydrogen-bond acceptors (Lipinski definition) is 3. The molecule has 4 aliphatic rings. The van der Waals surface area contributed by atoms with Crippen LogP contribution >= 0.6 is 0 Å². The van der Waals surface area contributed by atoms with Gasteiger partial charge >= 0.3 is 0 Å². The largest absolute Gasteiger partial charge is 0.355 e. The predicted octanol–water partition coefficient (Wildman–Crippen LogP) is 3.30. The summed E-state index contributed by atoms with van der Waals surface area (Å²) in [6.07, 6.45) is 8.38. The number of hydrogen-bond donors (Lipinski definition) is 2. The highest BCUT2D eigenvalue weighted by Gasteiger charge is 2.51. The number of nitrogens with one attached hydrogen (secondary N) is 2. The van der Waals surface area contributed by atoms with Crippen LogP contribution < -0.4 is 10.0 Å². The second kappa shape index (κ2) is 7.45. The van der Waals surface area contributed by atoms with E-state index in [0.717, 1.165) is 28.9 Å². The molecule has 1 amide bonds. The summed E-state index contributed by atoms with van der Waals surface area (Å²) in [4.78, 5) is 12.8. The van der Waals surface area contributed by atoms with Crippen LogP contribution in [0.4, 0.5) is 0 Å². The van der Waals surface area contributed by atoms with Crippen molar-refractivity contribution in [2.75, 3.05) is 13.1 Å². The Bertz CT molecular complexity index is 827. The van der Waals surface area contributed by atoms with Gasteiger partial charge in [-0.05, 0) is 87.2 Å². The molecule has 1 aromatic carbocycles. The van der Waals surface area contributed by atoms with Crippen molar-refractivity contribution in [1.29, 1.82) is 0 Å². The first-order valence-electron chi connectivity index (χ1n) is 10.6. The number of sulfonamides is 1. The van der Waals surface area contributed by atoms with E-state index in [2.05, 4.69) is 10.0 Å². The fourth-order valence-electron chi connectivity index (χ4n) is 6.48. The molecule has 0 saturated heterocycles. The van der Waals surface area contributed by atoms with Crippen molar-refractivity contribution < 1.29 is 13.2 Å². The van der Waals surface area contributed by atoms with Crippen LogP contribution in [0.2, 0.25) is 0 Å². The van der Waals surface area contributed by atoms with E-state index in [-0.39, 0.29) is 17.9 Å². The average Bonchev–Trinajstić information content (AvgIpc) is 2.56. The van der Waals surface area contributed by atoms with E-state index in [4.69, 9.17) is 0 Å². The van der Waals surface area contributed by atoms with Crippen LogP contribution in [0.15, 0.2) is 23.1 Å². The molecule has 1 aromatic rings. The van der Waals surface area contributed by atoms with Crippen LogP contribution in [0, 0.1) is 37.0 Å². The quantitative estimate of drug-likeness (QED) is 0.685. The number of carbonyl (C=O) groups excluding carboxylic acids is 1. The molecule has 0 aromatic heterocycles. The molecule has 0 aliphatic heterocycles. The SMILES string of the molecule is Cc1ccc(S(=O)(=O)NCCNC(=O)CC23CC4CC(CC(C4)C2)C3)c(C)c1. The van der Waals surface area contributed by atoms with E-state index in [1.807, 2.05) is 13.0 Å². The monoisotopic (exact) mass is 404 g/mol. The first kappa shape index (κ1) is 19.9. The molecule has 5 rings (SSSR count). The zero-order valence-corrected chi connectivity index (χ0v) is 17.8. The zero-order valence-electron chi connectivity index (χ0n) is 17.0.